The second kappa shape index (κ2) is 11.9. The summed E-state index contributed by atoms with van der Waals surface area (Å²) < 4.78 is 239. The lowest BCUT2D eigenvalue weighted by Crippen LogP contribution is -2.05. The van der Waals surface area contributed by atoms with Crippen LogP contribution in [-0.2, 0) is 0 Å². The Morgan fingerprint density at radius 2 is 0.393 bits per heavy atom. The number of aromatic nitrogens is 2. The Hall–Kier alpha value is -5.76. The average Bonchev–Trinajstić information content (AvgIpc) is 3.92. The highest BCUT2D eigenvalue weighted by atomic mass is 32.1. The van der Waals surface area contributed by atoms with Crippen LogP contribution in [0.15, 0.2) is 0 Å². The molecular weight excluding hydrogens is 829 g/mol. The van der Waals surface area contributed by atoms with Crippen LogP contribution in [0.4, 0.5) is 70.2 Å². The van der Waals surface area contributed by atoms with Crippen LogP contribution in [0.1, 0.15) is 22.8 Å². The molecule has 0 aliphatic carbocycles. The van der Waals surface area contributed by atoms with Crippen LogP contribution in [0, 0.1) is 93.1 Å². The van der Waals surface area contributed by atoms with E-state index in [4.69, 9.17) is 0 Å². The highest BCUT2D eigenvalue weighted by Gasteiger charge is 2.31. The second-order valence-corrected chi connectivity index (χ2v) is 14.3. The summed E-state index contributed by atoms with van der Waals surface area (Å²) in [5.74, 6) is -35.9. The Bertz CT molecular complexity index is 3000. The summed E-state index contributed by atoms with van der Waals surface area (Å²) in [6.07, 6.45) is 2.41. The van der Waals surface area contributed by atoms with Crippen LogP contribution in [0.25, 0.3) is 67.4 Å². The van der Waals surface area contributed by atoms with E-state index in [1.54, 1.807) is 0 Å². The van der Waals surface area contributed by atoms with Crippen molar-refractivity contribution in [3.8, 4) is 0 Å². The van der Waals surface area contributed by atoms with E-state index in [0.717, 1.165) is 0 Å². The van der Waals surface area contributed by atoms with Crippen molar-refractivity contribution in [1.29, 1.82) is 0 Å². The Morgan fingerprint density at radius 1 is 0.232 bits per heavy atom. The minimum atomic E-state index is -2.40. The van der Waals surface area contributed by atoms with Gasteiger partial charge in [-0.1, -0.05) is 0 Å². The van der Waals surface area contributed by atoms with E-state index in [1.807, 2.05) is 0 Å². The van der Waals surface area contributed by atoms with E-state index in [-0.39, 0.29) is 22.7 Å². The third-order valence-electron chi connectivity index (χ3n) is 9.21. The van der Waals surface area contributed by atoms with Crippen molar-refractivity contribution in [2.45, 2.75) is 0 Å². The quantitative estimate of drug-likeness (QED) is 0.0870. The van der Waals surface area contributed by atoms with Gasteiger partial charge >= 0.3 is 0 Å². The minimum absolute atomic E-state index is 0.174. The molecule has 8 bridgehead atoms. The molecule has 2 nitrogen and oxygen atoms in total. The molecule has 0 spiro atoms. The molecule has 0 atom stereocenters. The lowest BCUT2D eigenvalue weighted by molar-refractivity contribution is 0.418. The van der Waals surface area contributed by atoms with E-state index in [0.29, 0.717) is 24.3 Å². The number of aromatic amines is 2. The predicted octanol–water partition coefficient (Wildman–Crippen LogP) is 8.93. The zero-order chi connectivity index (χ0) is 40.1. The summed E-state index contributed by atoms with van der Waals surface area (Å²) in [5.41, 5.74) is -3.32. The normalized spacial score (nSPS) is 12.9. The third-order valence-corrected chi connectivity index (χ3v) is 11.4. The van der Waals surface area contributed by atoms with Gasteiger partial charge in [0.05, 0.1) is 22.8 Å². The molecule has 9 rings (SSSR count). The highest BCUT2D eigenvalue weighted by molar-refractivity contribution is 7.09. The fourth-order valence-electron chi connectivity index (χ4n) is 6.81. The molecule has 1 aliphatic rings. The summed E-state index contributed by atoms with van der Waals surface area (Å²) >= 11 is 0.348. The maximum atomic E-state index is 15.5. The van der Waals surface area contributed by atoms with E-state index in [9.17, 15) is 35.1 Å². The Balaban J connectivity index is 1.62. The number of hydrogen-bond donors (Lipinski definition) is 2. The number of thiophene rings is 2. The summed E-state index contributed by atoms with van der Waals surface area (Å²) in [4.78, 5) is 4.64. The molecule has 0 fully saturated rings. The molecule has 4 aromatic carbocycles. The monoisotopic (exact) mass is 834 g/mol. The fourth-order valence-corrected chi connectivity index (χ4v) is 9.16. The van der Waals surface area contributed by atoms with Crippen molar-refractivity contribution in [1.82, 2.24) is 9.97 Å². The zero-order valence-electron chi connectivity index (χ0n) is 26.2. The molecule has 0 saturated heterocycles. The number of hydrogen-bond acceptors (Lipinski definition) is 2. The zero-order valence-corrected chi connectivity index (χ0v) is 27.8. The van der Waals surface area contributed by atoms with Crippen LogP contribution in [0.5, 0.6) is 0 Å². The second-order valence-electron chi connectivity index (χ2n) is 12.2. The van der Waals surface area contributed by atoms with E-state index >= 15 is 35.1 Å². The first-order chi connectivity index (χ1) is 26.4. The average molecular weight is 835 g/mol. The number of rotatable bonds is 0. The molecule has 5 heterocycles. The standard InChI is InChI=1S/C36H6F16N2S2/c37-21-13-5-1-9-17-18(26(42)34(50)33(49)25(17)41)10(55-9)3-7-15-16(24(40)32(48)31(47)23(15)39)8(54-7)4-12-20-19(27(43)35(51)36(52)28(20)44)11(56-12)2-6(53-5)14(13)22(38)30(46)29(21)45/h1-4,53-54H. The highest BCUT2D eigenvalue weighted by Crippen LogP contribution is 2.36. The fraction of sp³-hybridized carbons (Fsp3) is 0. The molecule has 284 valence electrons. The molecule has 4 aromatic heterocycles. The van der Waals surface area contributed by atoms with Crippen LogP contribution < -0.4 is 18.1 Å². The molecular formula is C36H6F16N2S2. The van der Waals surface area contributed by atoms with Gasteiger partial charge in [-0.05, 0) is 24.3 Å². The number of fused-ring (bicyclic) bond motifs is 20. The van der Waals surface area contributed by atoms with Crippen LogP contribution in [0.2, 0.25) is 0 Å². The van der Waals surface area contributed by atoms with Gasteiger partial charge < -0.3 is 9.97 Å². The number of H-pyrrole nitrogens is 2. The van der Waals surface area contributed by atoms with Gasteiger partial charge in [-0.15, -0.1) is 22.7 Å². The van der Waals surface area contributed by atoms with Crippen molar-refractivity contribution in [3.63, 3.8) is 0 Å². The number of benzene rings is 4. The van der Waals surface area contributed by atoms with Crippen molar-refractivity contribution >= 4 is 90.1 Å². The minimum Gasteiger partial charge on any atom is -0.354 e. The Labute approximate surface area is 303 Å². The van der Waals surface area contributed by atoms with E-state index < -0.39 is 177 Å². The third kappa shape index (κ3) is 4.53. The van der Waals surface area contributed by atoms with Gasteiger partial charge in [0.1, 0.15) is 0 Å². The van der Waals surface area contributed by atoms with Crippen LogP contribution in [-0.4, -0.2) is 9.97 Å². The molecule has 56 heavy (non-hydrogen) atoms. The van der Waals surface area contributed by atoms with Gasteiger partial charge in [-0.2, -0.15) is 0 Å². The molecule has 0 radical (unpaired) electrons. The Kier molecular flexibility index (Phi) is 7.61. The first kappa shape index (κ1) is 35.9. The van der Waals surface area contributed by atoms with Gasteiger partial charge in [0.2, 0.25) is 0 Å². The molecule has 0 unspecified atom stereocenters. The number of halogens is 16. The molecule has 0 amide bonds. The predicted molar refractivity (Wildman–Crippen MR) is 172 cm³/mol. The topological polar surface area (TPSA) is 31.6 Å². The molecule has 8 aromatic rings. The van der Waals surface area contributed by atoms with Gasteiger partial charge in [0.15, 0.2) is 93.1 Å². The van der Waals surface area contributed by atoms with Gasteiger partial charge in [-0.25, -0.2) is 70.2 Å². The number of nitrogens with one attached hydrogen (secondary N) is 2. The van der Waals surface area contributed by atoms with Crippen LogP contribution in [0.3, 0.4) is 0 Å². The summed E-state index contributed by atoms with van der Waals surface area (Å²) in [6.45, 7) is 0. The Morgan fingerprint density at radius 3 is 0.571 bits per heavy atom. The van der Waals surface area contributed by atoms with Gasteiger partial charge in [0, 0.05) is 61.2 Å². The van der Waals surface area contributed by atoms with Gasteiger partial charge in [0.25, 0.3) is 0 Å². The first-order valence-corrected chi connectivity index (χ1v) is 16.8. The summed E-state index contributed by atoms with van der Waals surface area (Å²) in [5, 5.41) is -9.19. The molecule has 0 saturated carbocycles. The SMILES string of the molecule is Fc1c(F)c(F)c2c3[nH]c(c2c1F)C=c1sc(c2c(F)c(F)c(F)c(F)c12)=Cc1[nH]c(c2c(F)c(F)c(F)c(F)c12)C=c1sc(c2c(F)c(F)c(F)c(F)c12)=C3. The smallest absolute Gasteiger partial charge is 0.198 e. The lowest BCUT2D eigenvalue weighted by atomic mass is 10.1. The maximum Gasteiger partial charge on any atom is 0.198 e. The summed E-state index contributed by atoms with van der Waals surface area (Å²) in [6, 6.07) is 0. The van der Waals surface area contributed by atoms with Crippen molar-refractivity contribution in [3.05, 3.63) is 134 Å². The largest absolute Gasteiger partial charge is 0.354 e. The maximum absolute atomic E-state index is 15.5. The van der Waals surface area contributed by atoms with E-state index in [2.05, 4.69) is 9.97 Å². The summed E-state index contributed by atoms with van der Waals surface area (Å²) in [7, 11) is 0. The molecule has 20 heteroatoms. The molecule has 1 aliphatic heterocycles. The molecule has 2 N–H and O–H groups in total. The van der Waals surface area contributed by atoms with Crippen molar-refractivity contribution < 1.29 is 70.2 Å². The van der Waals surface area contributed by atoms with Crippen molar-refractivity contribution in [2.24, 2.45) is 0 Å². The van der Waals surface area contributed by atoms with Gasteiger partial charge in [-0.3, -0.25) is 0 Å². The van der Waals surface area contributed by atoms with Crippen LogP contribution >= 0.6 is 22.7 Å². The first-order valence-electron chi connectivity index (χ1n) is 15.1. The van der Waals surface area contributed by atoms with Crippen molar-refractivity contribution in [2.75, 3.05) is 0 Å². The van der Waals surface area contributed by atoms with E-state index in [1.165, 1.54) is 0 Å². The lowest BCUT2D eigenvalue weighted by Gasteiger charge is -2.03.